The molecule has 0 bridgehead atoms. The normalized spacial score (nSPS) is 13.4. The molecule has 0 amide bonds. The number of unbranched alkanes of at least 4 members (excludes halogenated alkanes) is 5. The zero-order chi connectivity index (χ0) is 18.3. The van der Waals surface area contributed by atoms with Gasteiger partial charge in [0.2, 0.25) is 0 Å². The molecule has 0 aromatic heterocycles. The summed E-state index contributed by atoms with van der Waals surface area (Å²) in [6.45, 7) is 0. The SMILES string of the molecule is CO[Si](/C=C/CCCCCC/C=C/[Si](OC)(OC)OC)(OC)OC. The van der Waals surface area contributed by atoms with Gasteiger partial charge in [-0.05, 0) is 37.1 Å². The van der Waals surface area contributed by atoms with E-state index in [2.05, 4.69) is 12.2 Å². The summed E-state index contributed by atoms with van der Waals surface area (Å²) in [4.78, 5) is 0. The van der Waals surface area contributed by atoms with E-state index in [0.717, 1.165) is 25.7 Å². The molecule has 24 heavy (non-hydrogen) atoms. The van der Waals surface area contributed by atoms with Gasteiger partial charge in [0.15, 0.2) is 0 Å². The predicted molar refractivity (Wildman–Crippen MR) is 99.5 cm³/mol. The first-order valence-corrected chi connectivity index (χ1v) is 11.8. The molecule has 0 saturated heterocycles. The molecule has 0 N–H and O–H groups in total. The van der Waals surface area contributed by atoms with Crippen LogP contribution >= 0.6 is 0 Å². The summed E-state index contributed by atoms with van der Waals surface area (Å²) in [6.07, 6.45) is 10.9. The molecule has 0 aliphatic heterocycles. The highest BCUT2D eigenvalue weighted by atomic mass is 28.4. The van der Waals surface area contributed by atoms with Crippen molar-refractivity contribution in [2.75, 3.05) is 42.7 Å². The molecule has 0 aromatic carbocycles. The maximum atomic E-state index is 5.34. The molecular weight excluding hydrogens is 344 g/mol. The van der Waals surface area contributed by atoms with Crippen LogP contribution in [0, 0.1) is 0 Å². The number of hydrogen-bond donors (Lipinski definition) is 0. The second-order valence-electron chi connectivity index (χ2n) is 5.23. The van der Waals surface area contributed by atoms with Gasteiger partial charge < -0.3 is 26.6 Å². The predicted octanol–water partition coefficient (Wildman–Crippen LogP) is 3.27. The number of hydrogen-bond acceptors (Lipinski definition) is 6. The lowest BCUT2D eigenvalue weighted by Crippen LogP contribution is -2.40. The van der Waals surface area contributed by atoms with E-state index < -0.39 is 17.6 Å². The summed E-state index contributed by atoms with van der Waals surface area (Å²) in [5.41, 5.74) is 3.89. The zero-order valence-corrected chi connectivity index (χ0v) is 18.0. The van der Waals surface area contributed by atoms with Crippen molar-refractivity contribution in [3.8, 4) is 0 Å². The Hall–Kier alpha value is -0.326. The van der Waals surface area contributed by atoms with Crippen LogP contribution in [0.3, 0.4) is 0 Å². The molecule has 0 aliphatic carbocycles. The summed E-state index contributed by atoms with van der Waals surface area (Å²) in [6, 6.07) is 0. The van der Waals surface area contributed by atoms with Gasteiger partial charge in [0.05, 0.1) is 0 Å². The molecule has 0 atom stereocenters. The van der Waals surface area contributed by atoms with Crippen LogP contribution in [0.15, 0.2) is 23.6 Å². The molecule has 0 aliphatic rings. The first-order valence-electron chi connectivity index (χ1n) is 8.23. The standard InChI is InChI=1S/C16H34O6Si2/c1-17-23(18-2,19-3)15-13-11-9-7-8-10-12-14-16-24(20-4,21-5)22-6/h13-16H,7-12H2,1-6H3/b15-13+,16-14+. The topological polar surface area (TPSA) is 55.4 Å². The molecule has 142 valence electrons. The fourth-order valence-corrected chi connectivity index (χ4v) is 4.97. The molecule has 0 radical (unpaired) electrons. The highest BCUT2D eigenvalue weighted by Crippen LogP contribution is 2.12. The van der Waals surface area contributed by atoms with E-state index >= 15 is 0 Å². The fourth-order valence-electron chi connectivity index (χ4n) is 2.24. The van der Waals surface area contributed by atoms with Crippen molar-refractivity contribution in [2.24, 2.45) is 0 Å². The molecule has 0 saturated carbocycles. The Labute approximate surface area is 149 Å². The molecule has 0 aromatic rings. The number of rotatable bonds is 15. The van der Waals surface area contributed by atoms with Gasteiger partial charge in [0, 0.05) is 42.7 Å². The van der Waals surface area contributed by atoms with Gasteiger partial charge >= 0.3 is 17.6 Å². The Bertz CT molecular complexity index is 304. The van der Waals surface area contributed by atoms with Crippen molar-refractivity contribution in [3.05, 3.63) is 23.6 Å². The van der Waals surface area contributed by atoms with Crippen LogP contribution in [0.25, 0.3) is 0 Å². The lowest BCUT2D eigenvalue weighted by Gasteiger charge is -2.20. The van der Waals surface area contributed by atoms with Crippen LogP contribution in [-0.4, -0.2) is 60.3 Å². The summed E-state index contributed by atoms with van der Waals surface area (Å²) < 4.78 is 32.0. The maximum Gasteiger partial charge on any atom is 0.528 e. The minimum Gasteiger partial charge on any atom is -0.374 e. The third-order valence-corrected chi connectivity index (χ3v) is 8.54. The Morgan fingerprint density at radius 3 is 1.04 bits per heavy atom. The minimum absolute atomic E-state index is 1.01. The van der Waals surface area contributed by atoms with Crippen LogP contribution in [-0.2, 0) is 26.6 Å². The van der Waals surface area contributed by atoms with Crippen LogP contribution in [0.1, 0.15) is 38.5 Å². The zero-order valence-electron chi connectivity index (χ0n) is 16.0. The van der Waals surface area contributed by atoms with Crippen LogP contribution in [0.2, 0.25) is 0 Å². The van der Waals surface area contributed by atoms with Gasteiger partial charge in [-0.25, -0.2) is 0 Å². The van der Waals surface area contributed by atoms with E-state index in [-0.39, 0.29) is 0 Å². The van der Waals surface area contributed by atoms with E-state index in [9.17, 15) is 0 Å². The van der Waals surface area contributed by atoms with Crippen LogP contribution in [0.5, 0.6) is 0 Å². The van der Waals surface area contributed by atoms with Gasteiger partial charge in [0.1, 0.15) is 0 Å². The third-order valence-electron chi connectivity index (χ3n) is 3.84. The second kappa shape index (κ2) is 13.9. The van der Waals surface area contributed by atoms with Crippen molar-refractivity contribution < 1.29 is 26.6 Å². The van der Waals surface area contributed by atoms with Crippen molar-refractivity contribution in [1.82, 2.24) is 0 Å². The Balaban J connectivity index is 3.85. The van der Waals surface area contributed by atoms with Gasteiger partial charge in [0.25, 0.3) is 0 Å². The van der Waals surface area contributed by atoms with Crippen molar-refractivity contribution >= 4 is 17.6 Å². The molecule has 0 heterocycles. The first-order chi connectivity index (χ1) is 11.6. The van der Waals surface area contributed by atoms with Crippen molar-refractivity contribution in [2.45, 2.75) is 38.5 Å². The van der Waals surface area contributed by atoms with Crippen molar-refractivity contribution in [3.63, 3.8) is 0 Å². The van der Waals surface area contributed by atoms with Gasteiger partial charge in [-0.3, -0.25) is 0 Å². The third kappa shape index (κ3) is 8.68. The van der Waals surface area contributed by atoms with E-state index in [1.54, 1.807) is 42.7 Å². The molecule has 0 spiro atoms. The average Bonchev–Trinajstić information content (AvgIpc) is 2.64. The molecule has 8 heteroatoms. The molecular formula is C16H34O6Si2. The van der Waals surface area contributed by atoms with E-state index in [4.69, 9.17) is 26.6 Å². The minimum atomic E-state index is -2.55. The van der Waals surface area contributed by atoms with E-state index in [1.165, 1.54) is 12.8 Å². The molecule has 0 rings (SSSR count). The summed E-state index contributed by atoms with van der Waals surface area (Å²) >= 11 is 0. The molecule has 0 fully saturated rings. The van der Waals surface area contributed by atoms with Gasteiger partial charge in [-0.15, -0.1) is 0 Å². The number of allylic oxidation sites excluding steroid dienone is 2. The first kappa shape index (κ1) is 23.7. The van der Waals surface area contributed by atoms with Crippen LogP contribution < -0.4 is 0 Å². The van der Waals surface area contributed by atoms with Gasteiger partial charge in [-0.1, -0.05) is 25.0 Å². The lowest BCUT2D eigenvalue weighted by atomic mass is 10.1. The quantitative estimate of drug-likeness (QED) is 0.322. The highest BCUT2D eigenvalue weighted by Gasteiger charge is 2.34. The Morgan fingerprint density at radius 1 is 0.500 bits per heavy atom. The Morgan fingerprint density at radius 2 is 0.792 bits per heavy atom. The maximum absolute atomic E-state index is 5.34. The summed E-state index contributed by atoms with van der Waals surface area (Å²) in [7, 11) is 4.59. The second-order valence-corrected chi connectivity index (χ2v) is 10.8. The van der Waals surface area contributed by atoms with Crippen LogP contribution in [0.4, 0.5) is 0 Å². The van der Waals surface area contributed by atoms with Gasteiger partial charge in [-0.2, -0.15) is 0 Å². The molecule has 0 unspecified atom stereocenters. The average molecular weight is 379 g/mol. The Kier molecular flexibility index (Phi) is 13.7. The summed E-state index contributed by atoms with van der Waals surface area (Å²) in [5, 5.41) is 0. The lowest BCUT2D eigenvalue weighted by molar-refractivity contribution is 0.138. The van der Waals surface area contributed by atoms with Crippen molar-refractivity contribution in [1.29, 1.82) is 0 Å². The van der Waals surface area contributed by atoms with E-state index in [0.29, 0.717) is 0 Å². The fraction of sp³-hybridized carbons (Fsp3) is 0.750. The monoisotopic (exact) mass is 378 g/mol. The largest absolute Gasteiger partial charge is 0.528 e. The van der Waals surface area contributed by atoms with E-state index in [1.807, 2.05) is 11.4 Å². The smallest absolute Gasteiger partial charge is 0.374 e. The molecule has 6 nitrogen and oxygen atoms in total. The summed E-state index contributed by atoms with van der Waals surface area (Å²) in [5.74, 6) is 0. The highest BCUT2D eigenvalue weighted by molar-refractivity contribution is 6.66.